The van der Waals surface area contributed by atoms with Crippen molar-refractivity contribution in [3.8, 4) is 5.75 Å². The fourth-order valence-electron chi connectivity index (χ4n) is 2.25. The van der Waals surface area contributed by atoms with Crippen LogP contribution in [0.4, 0.5) is 0 Å². The molecule has 0 aromatic heterocycles. The number of nitrogens with one attached hydrogen (secondary N) is 1. The van der Waals surface area contributed by atoms with Crippen molar-refractivity contribution in [3.63, 3.8) is 0 Å². The zero-order valence-electron chi connectivity index (χ0n) is 12.7. The van der Waals surface area contributed by atoms with Crippen LogP contribution in [0.2, 0.25) is 0 Å². The summed E-state index contributed by atoms with van der Waals surface area (Å²) in [4.78, 5) is 0. The molecule has 0 aliphatic carbocycles. The maximum Gasteiger partial charge on any atom is 0.118 e. The molecule has 2 rings (SSSR count). The fraction of sp³-hybridized carbons (Fsp3) is 0.333. The molecule has 0 bridgehead atoms. The molecule has 0 saturated heterocycles. The van der Waals surface area contributed by atoms with Crippen molar-refractivity contribution in [2.24, 2.45) is 0 Å². The molecule has 0 aliphatic rings. The molecule has 21 heavy (non-hydrogen) atoms. The van der Waals surface area contributed by atoms with Crippen molar-refractivity contribution in [2.75, 3.05) is 13.7 Å². The van der Waals surface area contributed by atoms with Gasteiger partial charge in [0.05, 0.1) is 13.7 Å². The standard InChI is InChI=1S/C18H23NO2/c1-14(17-7-9-18(21-2)10-8-17)19-12-11-15-3-5-16(13-20)6-4-15/h3-10,14,19-20H,11-13H2,1-2H3. The Bertz CT molecular complexity index is 534. The highest BCUT2D eigenvalue weighted by molar-refractivity contribution is 5.29. The molecule has 2 aromatic carbocycles. The Balaban J connectivity index is 1.81. The second kappa shape index (κ2) is 7.81. The second-order valence-electron chi connectivity index (χ2n) is 5.17. The van der Waals surface area contributed by atoms with Gasteiger partial charge in [-0.3, -0.25) is 0 Å². The number of ether oxygens (including phenoxy) is 1. The van der Waals surface area contributed by atoms with E-state index in [0.717, 1.165) is 24.3 Å². The zero-order valence-corrected chi connectivity index (χ0v) is 12.7. The Labute approximate surface area is 126 Å². The number of aliphatic hydroxyl groups excluding tert-OH is 1. The van der Waals surface area contributed by atoms with Crippen LogP contribution < -0.4 is 10.1 Å². The second-order valence-corrected chi connectivity index (χ2v) is 5.17. The van der Waals surface area contributed by atoms with Gasteiger partial charge >= 0.3 is 0 Å². The highest BCUT2D eigenvalue weighted by Crippen LogP contribution is 2.17. The Morgan fingerprint density at radius 1 is 1.00 bits per heavy atom. The molecule has 112 valence electrons. The summed E-state index contributed by atoms with van der Waals surface area (Å²) in [6, 6.07) is 16.6. The largest absolute Gasteiger partial charge is 0.497 e. The van der Waals surface area contributed by atoms with Crippen LogP contribution in [0.3, 0.4) is 0 Å². The smallest absolute Gasteiger partial charge is 0.118 e. The number of methoxy groups -OCH3 is 1. The maximum absolute atomic E-state index is 9.02. The lowest BCUT2D eigenvalue weighted by Gasteiger charge is -2.14. The molecule has 3 heteroatoms. The summed E-state index contributed by atoms with van der Waals surface area (Å²) in [5.41, 5.74) is 3.49. The van der Waals surface area contributed by atoms with Crippen LogP contribution in [0.5, 0.6) is 5.75 Å². The van der Waals surface area contributed by atoms with Crippen LogP contribution in [-0.2, 0) is 13.0 Å². The summed E-state index contributed by atoms with van der Waals surface area (Å²) in [6.07, 6.45) is 0.978. The van der Waals surface area contributed by atoms with E-state index in [1.807, 2.05) is 24.3 Å². The summed E-state index contributed by atoms with van der Waals surface area (Å²) in [7, 11) is 1.68. The Morgan fingerprint density at radius 2 is 1.62 bits per heavy atom. The molecule has 0 amide bonds. The Morgan fingerprint density at radius 3 is 2.19 bits per heavy atom. The molecule has 0 aliphatic heterocycles. The van der Waals surface area contributed by atoms with Gasteiger partial charge in [-0.15, -0.1) is 0 Å². The first-order chi connectivity index (χ1) is 10.2. The highest BCUT2D eigenvalue weighted by atomic mass is 16.5. The lowest BCUT2D eigenvalue weighted by molar-refractivity contribution is 0.282. The Hall–Kier alpha value is -1.84. The van der Waals surface area contributed by atoms with Crippen LogP contribution in [0.25, 0.3) is 0 Å². The van der Waals surface area contributed by atoms with Crippen molar-refractivity contribution < 1.29 is 9.84 Å². The molecular formula is C18H23NO2. The molecule has 3 nitrogen and oxygen atoms in total. The minimum Gasteiger partial charge on any atom is -0.497 e. The van der Waals surface area contributed by atoms with Crippen LogP contribution in [0.15, 0.2) is 48.5 Å². The molecule has 0 radical (unpaired) electrons. The molecule has 1 unspecified atom stereocenters. The van der Waals surface area contributed by atoms with Gasteiger partial charge in [0, 0.05) is 6.04 Å². The van der Waals surface area contributed by atoms with Gasteiger partial charge in [0.25, 0.3) is 0 Å². The van der Waals surface area contributed by atoms with Gasteiger partial charge in [-0.1, -0.05) is 36.4 Å². The maximum atomic E-state index is 9.02. The predicted octanol–water partition coefficient (Wildman–Crippen LogP) is 3.08. The molecule has 0 spiro atoms. The van der Waals surface area contributed by atoms with Gasteiger partial charge in [0.1, 0.15) is 5.75 Å². The summed E-state index contributed by atoms with van der Waals surface area (Å²) in [5, 5.41) is 12.5. The van der Waals surface area contributed by atoms with Gasteiger partial charge in [0.15, 0.2) is 0 Å². The third-order valence-electron chi connectivity index (χ3n) is 3.69. The van der Waals surface area contributed by atoms with E-state index in [0.29, 0.717) is 6.04 Å². The average molecular weight is 285 g/mol. The molecule has 0 fully saturated rings. The SMILES string of the molecule is COc1ccc(C(C)NCCc2ccc(CO)cc2)cc1. The molecule has 0 heterocycles. The summed E-state index contributed by atoms with van der Waals surface area (Å²) < 4.78 is 5.17. The van der Waals surface area contributed by atoms with Crippen molar-refractivity contribution >= 4 is 0 Å². The van der Waals surface area contributed by atoms with E-state index in [9.17, 15) is 0 Å². The van der Waals surface area contributed by atoms with E-state index in [4.69, 9.17) is 9.84 Å². The molecule has 1 atom stereocenters. The monoisotopic (exact) mass is 285 g/mol. The van der Waals surface area contributed by atoms with E-state index < -0.39 is 0 Å². The minimum atomic E-state index is 0.104. The number of benzene rings is 2. The van der Waals surface area contributed by atoms with Gasteiger partial charge in [-0.05, 0) is 48.7 Å². The Kier molecular flexibility index (Phi) is 5.78. The van der Waals surface area contributed by atoms with Crippen LogP contribution in [-0.4, -0.2) is 18.8 Å². The van der Waals surface area contributed by atoms with E-state index in [1.54, 1.807) is 7.11 Å². The van der Waals surface area contributed by atoms with Crippen molar-refractivity contribution in [1.82, 2.24) is 5.32 Å². The van der Waals surface area contributed by atoms with E-state index in [1.165, 1.54) is 11.1 Å². The van der Waals surface area contributed by atoms with Gasteiger partial charge in [0.2, 0.25) is 0 Å². The number of hydrogen-bond acceptors (Lipinski definition) is 3. The van der Waals surface area contributed by atoms with Crippen LogP contribution >= 0.6 is 0 Å². The molecule has 2 N–H and O–H groups in total. The fourth-order valence-corrected chi connectivity index (χ4v) is 2.25. The quantitative estimate of drug-likeness (QED) is 0.821. The third kappa shape index (κ3) is 4.59. The zero-order chi connectivity index (χ0) is 15.1. The number of aliphatic hydroxyl groups is 1. The van der Waals surface area contributed by atoms with Crippen LogP contribution in [0, 0.1) is 0 Å². The van der Waals surface area contributed by atoms with Crippen LogP contribution in [0.1, 0.15) is 29.7 Å². The lowest BCUT2D eigenvalue weighted by atomic mass is 10.1. The van der Waals surface area contributed by atoms with Gasteiger partial charge in [-0.25, -0.2) is 0 Å². The highest BCUT2D eigenvalue weighted by Gasteiger charge is 2.04. The normalized spacial score (nSPS) is 12.1. The van der Waals surface area contributed by atoms with E-state index >= 15 is 0 Å². The summed E-state index contributed by atoms with van der Waals surface area (Å²) in [5.74, 6) is 0.884. The lowest BCUT2D eigenvalue weighted by Crippen LogP contribution is -2.21. The topological polar surface area (TPSA) is 41.5 Å². The predicted molar refractivity (Wildman–Crippen MR) is 85.5 cm³/mol. The van der Waals surface area contributed by atoms with E-state index in [-0.39, 0.29) is 6.61 Å². The first kappa shape index (κ1) is 15.5. The van der Waals surface area contributed by atoms with E-state index in [2.05, 4.69) is 36.5 Å². The van der Waals surface area contributed by atoms with Crippen molar-refractivity contribution in [1.29, 1.82) is 0 Å². The first-order valence-corrected chi connectivity index (χ1v) is 7.29. The summed E-state index contributed by atoms with van der Waals surface area (Å²) >= 11 is 0. The summed E-state index contributed by atoms with van der Waals surface area (Å²) in [6.45, 7) is 3.19. The molecule has 2 aromatic rings. The minimum absolute atomic E-state index is 0.104. The number of hydrogen-bond donors (Lipinski definition) is 2. The molecular weight excluding hydrogens is 262 g/mol. The van der Waals surface area contributed by atoms with Crippen molar-refractivity contribution in [2.45, 2.75) is 26.0 Å². The van der Waals surface area contributed by atoms with Gasteiger partial charge < -0.3 is 15.2 Å². The van der Waals surface area contributed by atoms with Gasteiger partial charge in [-0.2, -0.15) is 0 Å². The average Bonchev–Trinajstić information content (AvgIpc) is 2.55. The number of rotatable bonds is 7. The third-order valence-corrected chi connectivity index (χ3v) is 3.69. The first-order valence-electron chi connectivity index (χ1n) is 7.29. The molecule has 0 saturated carbocycles. The van der Waals surface area contributed by atoms with Crippen molar-refractivity contribution in [3.05, 3.63) is 65.2 Å².